The molecule has 1 amide bonds. The van der Waals surface area contributed by atoms with Gasteiger partial charge in [0, 0.05) is 13.0 Å². The summed E-state index contributed by atoms with van der Waals surface area (Å²) in [6, 6.07) is 3.47. The lowest BCUT2D eigenvalue weighted by Crippen LogP contribution is -2.31. The van der Waals surface area contributed by atoms with Crippen molar-refractivity contribution in [3.63, 3.8) is 0 Å². The van der Waals surface area contributed by atoms with Gasteiger partial charge in [0.1, 0.15) is 5.82 Å². The predicted octanol–water partition coefficient (Wildman–Crippen LogP) is 2.25. The maximum atomic E-state index is 12.8. The highest BCUT2D eigenvalue weighted by molar-refractivity contribution is 6.32. The van der Waals surface area contributed by atoms with E-state index < -0.39 is 11.9 Å². The standard InChI is InChI=1S/C11H9ClFNO3/c12-9-5-7(13)1-2-10(9)17-11(16)14-4-3-8(15)6-14/h1-2,5H,3-4,6H2. The van der Waals surface area contributed by atoms with Gasteiger partial charge >= 0.3 is 6.09 Å². The SMILES string of the molecule is O=C1CCN(C(=O)Oc2ccc(F)cc2Cl)C1. The van der Waals surface area contributed by atoms with E-state index >= 15 is 0 Å². The first-order chi connectivity index (χ1) is 8.06. The Morgan fingerprint density at radius 2 is 2.24 bits per heavy atom. The van der Waals surface area contributed by atoms with E-state index in [1.165, 1.54) is 11.0 Å². The summed E-state index contributed by atoms with van der Waals surface area (Å²) >= 11 is 5.71. The normalized spacial score (nSPS) is 15.2. The summed E-state index contributed by atoms with van der Waals surface area (Å²) in [5, 5.41) is 0.0175. The number of hydrogen-bond acceptors (Lipinski definition) is 3. The first-order valence-corrected chi connectivity index (χ1v) is 5.37. The van der Waals surface area contributed by atoms with Gasteiger partial charge in [0.25, 0.3) is 0 Å². The van der Waals surface area contributed by atoms with Crippen LogP contribution < -0.4 is 4.74 Å². The third-order valence-electron chi connectivity index (χ3n) is 2.38. The van der Waals surface area contributed by atoms with Crippen LogP contribution in [0.1, 0.15) is 6.42 Å². The third kappa shape index (κ3) is 2.74. The smallest absolute Gasteiger partial charge is 0.409 e. The van der Waals surface area contributed by atoms with Crippen LogP contribution in [0.25, 0.3) is 0 Å². The molecule has 0 atom stereocenters. The summed E-state index contributed by atoms with van der Waals surface area (Å²) < 4.78 is 17.7. The summed E-state index contributed by atoms with van der Waals surface area (Å²) in [4.78, 5) is 23.9. The molecule has 17 heavy (non-hydrogen) atoms. The lowest BCUT2D eigenvalue weighted by atomic mass is 10.3. The Kier molecular flexibility index (Phi) is 3.28. The Labute approximate surface area is 102 Å². The number of likely N-dealkylation sites (tertiary alicyclic amines) is 1. The van der Waals surface area contributed by atoms with Crippen LogP contribution in [0, 0.1) is 5.82 Å². The molecule has 1 aliphatic rings. The van der Waals surface area contributed by atoms with Gasteiger partial charge in [-0.2, -0.15) is 0 Å². The summed E-state index contributed by atoms with van der Waals surface area (Å²) in [6.45, 7) is 0.397. The molecule has 1 aliphatic heterocycles. The second-order valence-corrected chi connectivity index (χ2v) is 4.06. The van der Waals surface area contributed by atoms with E-state index in [0.717, 1.165) is 12.1 Å². The Morgan fingerprint density at radius 3 is 2.82 bits per heavy atom. The van der Waals surface area contributed by atoms with Gasteiger partial charge in [0.2, 0.25) is 0 Å². The molecular formula is C11H9ClFNO3. The van der Waals surface area contributed by atoms with Crippen LogP contribution >= 0.6 is 11.6 Å². The summed E-state index contributed by atoms with van der Waals surface area (Å²) in [5.74, 6) is -0.435. The van der Waals surface area contributed by atoms with Crippen molar-refractivity contribution in [2.75, 3.05) is 13.1 Å². The van der Waals surface area contributed by atoms with Crippen LogP contribution in [0.15, 0.2) is 18.2 Å². The molecule has 2 rings (SSSR count). The van der Waals surface area contributed by atoms with E-state index in [1.54, 1.807) is 0 Å². The van der Waals surface area contributed by atoms with E-state index in [0.29, 0.717) is 13.0 Å². The molecule has 0 unspecified atom stereocenters. The Morgan fingerprint density at radius 1 is 1.47 bits per heavy atom. The van der Waals surface area contributed by atoms with Crippen molar-refractivity contribution in [2.45, 2.75) is 6.42 Å². The fraction of sp³-hybridized carbons (Fsp3) is 0.273. The Balaban J connectivity index is 2.05. The minimum atomic E-state index is -0.649. The van der Waals surface area contributed by atoms with Crippen molar-refractivity contribution >= 4 is 23.5 Å². The zero-order valence-corrected chi connectivity index (χ0v) is 9.54. The number of amides is 1. The van der Waals surface area contributed by atoms with Crippen molar-refractivity contribution in [3.8, 4) is 5.75 Å². The number of rotatable bonds is 1. The number of Topliss-reactive ketones (excluding diaryl/α,β-unsaturated/α-hetero) is 1. The van der Waals surface area contributed by atoms with Gasteiger partial charge in [-0.25, -0.2) is 9.18 Å². The number of ether oxygens (including phenoxy) is 1. The molecule has 0 aliphatic carbocycles. The largest absolute Gasteiger partial charge is 0.415 e. The van der Waals surface area contributed by atoms with Gasteiger partial charge in [-0.1, -0.05) is 11.6 Å². The van der Waals surface area contributed by atoms with Crippen LogP contribution in [0.3, 0.4) is 0 Å². The number of nitrogens with zero attached hydrogens (tertiary/aromatic N) is 1. The lowest BCUT2D eigenvalue weighted by molar-refractivity contribution is -0.116. The second kappa shape index (κ2) is 4.71. The van der Waals surface area contributed by atoms with Crippen LogP contribution in [-0.2, 0) is 4.79 Å². The minimum absolute atomic E-state index is 0.00727. The fourth-order valence-corrected chi connectivity index (χ4v) is 1.71. The number of benzene rings is 1. The molecule has 0 saturated carbocycles. The van der Waals surface area contributed by atoms with Gasteiger partial charge < -0.3 is 9.64 Å². The van der Waals surface area contributed by atoms with Gasteiger partial charge in [-0.15, -0.1) is 0 Å². The first kappa shape index (κ1) is 11.9. The number of carbonyl (C=O) groups excluding carboxylic acids is 2. The van der Waals surface area contributed by atoms with Gasteiger partial charge in [-0.05, 0) is 18.2 Å². The highest BCUT2D eigenvalue weighted by Crippen LogP contribution is 2.25. The van der Waals surface area contributed by atoms with Crippen molar-refractivity contribution < 1.29 is 18.7 Å². The molecule has 1 aromatic carbocycles. The number of ketones is 1. The van der Waals surface area contributed by atoms with Crippen LogP contribution in [0.5, 0.6) is 5.75 Å². The van der Waals surface area contributed by atoms with Crippen molar-refractivity contribution in [2.24, 2.45) is 0 Å². The highest BCUT2D eigenvalue weighted by Gasteiger charge is 2.25. The summed E-state index contributed by atoms with van der Waals surface area (Å²) in [7, 11) is 0. The second-order valence-electron chi connectivity index (χ2n) is 3.65. The molecule has 0 aromatic heterocycles. The minimum Gasteiger partial charge on any atom is -0.409 e. The Hall–Kier alpha value is -1.62. The van der Waals surface area contributed by atoms with Crippen molar-refractivity contribution in [1.29, 1.82) is 0 Å². The summed E-state index contributed by atoms with van der Waals surface area (Å²) in [6.07, 6.45) is -0.309. The highest BCUT2D eigenvalue weighted by atomic mass is 35.5. The van der Waals surface area contributed by atoms with Gasteiger partial charge in [0.15, 0.2) is 11.5 Å². The van der Waals surface area contributed by atoms with E-state index in [9.17, 15) is 14.0 Å². The number of carbonyl (C=O) groups is 2. The maximum Gasteiger partial charge on any atom is 0.415 e. The Bertz CT molecular complexity index is 478. The van der Waals surface area contributed by atoms with Crippen molar-refractivity contribution in [3.05, 3.63) is 29.0 Å². The van der Waals surface area contributed by atoms with Gasteiger partial charge in [0.05, 0.1) is 11.6 Å². The average Bonchev–Trinajstić information content (AvgIpc) is 2.69. The predicted molar refractivity (Wildman–Crippen MR) is 58.6 cm³/mol. The van der Waals surface area contributed by atoms with Gasteiger partial charge in [-0.3, -0.25) is 4.79 Å². The quantitative estimate of drug-likeness (QED) is 0.775. The third-order valence-corrected chi connectivity index (χ3v) is 2.67. The lowest BCUT2D eigenvalue weighted by Gasteiger charge is -2.14. The van der Waals surface area contributed by atoms with E-state index in [1.807, 2.05) is 0 Å². The van der Waals surface area contributed by atoms with E-state index in [2.05, 4.69) is 0 Å². The molecule has 0 N–H and O–H groups in total. The van der Waals surface area contributed by atoms with Crippen LogP contribution in [0.2, 0.25) is 5.02 Å². The molecule has 0 spiro atoms. The molecule has 1 saturated heterocycles. The van der Waals surface area contributed by atoms with E-state index in [4.69, 9.17) is 16.3 Å². The first-order valence-electron chi connectivity index (χ1n) is 5.00. The fourth-order valence-electron chi connectivity index (χ4n) is 1.50. The molecule has 1 heterocycles. The maximum absolute atomic E-state index is 12.8. The molecule has 90 valence electrons. The molecule has 6 heteroatoms. The van der Waals surface area contributed by atoms with Crippen LogP contribution in [0.4, 0.5) is 9.18 Å². The average molecular weight is 258 g/mol. The monoisotopic (exact) mass is 257 g/mol. The molecular weight excluding hydrogens is 249 g/mol. The topological polar surface area (TPSA) is 46.6 Å². The molecule has 1 fully saturated rings. The number of halogens is 2. The molecule has 1 aromatic rings. The van der Waals surface area contributed by atoms with Crippen LogP contribution in [-0.4, -0.2) is 29.9 Å². The zero-order valence-electron chi connectivity index (χ0n) is 8.78. The van der Waals surface area contributed by atoms with Crippen molar-refractivity contribution in [1.82, 2.24) is 4.90 Å². The van der Waals surface area contributed by atoms with E-state index in [-0.39, 0.29) is 23.1 Å². The molecule has 0 radical (unpaired) electrons. The molecule has 0 bridgehead atoms. The summed E-state index contributed by atoms with van der Waals surface area (Å²) in [5.41, 5.74) is 0. The molecule has 4 nitrogen and oxygen atoms in total. The zero-order chi connectivity index (χ0) is 12.4. The number of hydrogen-bond donors (Lipinski definition) is 0.